The Kier molecular flexibility index (Phi) is 4.46. The van der Waals surface area contributed by atoms with Crippen molar-refractivity contribution in [1.29, 1.82) is 0 Å². The van der Waals surface area contributed by atoms with E-state index in [1.165, 1.54) is 0 Å². The van der Waals surface area contributed by atoms with E-state index in [0.717, 1.165) is 0 Å². The van der Waals surface area contributed by atoms with E-state index in [0.29, 0.717) is 0 Å². The smallest absolute Gasteiger partial charge is 0.330 e. The molecular weight excluding hydrogens is 194 g/mol. The number of rotatable bonds is 5. The standard InChI is InChI=1S/C5H9F4N3O/c6-4(7)5(8,9)2-13-1-3(10)12-11/h4H,1-2,11H2,(H2,10,12). The molecule has 0 aliphatic rings. The highest BCUT2D eigenvalue weighted by Crippen LogP contribution is 2.22. The molecule has 0 aromatic carbocycles. The fourth-order valence-electron chi connectivity index (χ4n) is 0.392. The summed E-state index contributed by atoms with van der Waals surface area (Å²) in [6.07, 6.45) is -3.76. The Morgan fingerprint density at radius 3 is 2.38 bits per heavy atom. The molecule has 0 aliphatic carbocycles. The molecule has 0 atom stereocenters. The lowest BCUT2D eigenvalue weighted by atomic mass is 10.4. The van der Waals surface area contributed by atoms with Crippen molar-refractivity contribution in [2.45, 2.75) is 12.3 Å². The second-order valence-corrected chi connectivity index (χ2v) is 2.17. The zero-order valence-corrected chi connectivity index (χ0v) is 6.51. The Bertz CT molecular complexity index is 185. The van der Waals surface area contributed by atoms with Gasteiger partial charge in [-0.2, -0.15) is 13.9 Å². The Balaban J connectivity index is 3.76. The zero-order chi connectivity index (χ0) is 10.5. The number of nitrogens with zero attached hydrogens (tertiary/aromatic N) is 1. The van der Waals surface area contributed by atoms with Crippen LogP contribution in [0.2, 0.25) is 0 Å². The van der Waals surface area contributed by atoms with Crippen molar-refractivity contribution in [2.75, 3.05) is 13.2 Å². The summed E-state index contributed by atoms with van der Waals surface area (Å²) in [5.41, 5.74) is 4.95. The van der Waals surface area contributed by atoms with Gasteiger partial charge in [-0.05, 0) is 0 Å². The summed E-state index contributed by atoms with van der Waals surface area (Å²) >= 11 is 0. The van der Waals surface area contributed by atoms with E-state index in [1.807, 2.05) is 0 Å². The first-order valence-electron chi connectivity index (χ1n) is 3.16. The van der Waals surface area contributed by atoms with Crippen LogP contribution >= 0.6 is 0 Å². The summed E-state index contributed by atoms with van der Waals surface area (Å²) in [6.45, 7) is -1.92. The van der Waals surface area contributed by atoms with Crippen molar-refractivity contribution in [2.24, 2.45) is 16.7 Å². The summed E-state index contributed by atoms with van der Waals surface area (Å²) in [5, 5.41) is 2.89. The van der Waals surface area contributed by atoms with Crippen LogP contribution in [0.4, 0.5) is 17.6 Å². The summed E-state index contributed by atoms with van der Waals surface area (Å²) in [7, 11) is 0. The molecule has 78 valence electrons. The molecule has 0 bridgehead atoms. The minimum absolute atomic E-state index is 0.245. The molecule has 0 aliphatic heterocycles. The quantitative estimate of drug-likeness (QED) is 0.219. The predicted octanol–water partition coefficient (Wildman–Crippen LogP) is 0.134. The average molecular weight is 203 g/mol. The lowest BCUT2D eigenvalue weighted by molar-refractivity contribution is -0.162. The molecule has 4 N–H and O–H groups in total. The van der Waals surface area contributed by atoms with Crippen molar-refractivity contribution < 1.29 is 22.3 Å². The van der Waals surface area contributed by atoms with Crippen LogP contribution in [0.15, 0.2) is 5.10 Å². The van der Waals surface area contributed by atoms with E-state index in [1.54, 1.807) is 0 Å². The van der Waals surface area contributed by atoms with Gasteiger partial charge in [0, 0.05) is 0 Å². The topological polar surface area (TPSA) is 73.6 Å². The summed E-state index contributed by atoms with van der Waals surface area (Å²) in [4.78, 5) is 0. The van der Waals surface area contributed by atoms with Gasteiger partial charge in [-0.1, -0.05) is 0 Å². The maximum atomic E-state index is 12.1. The number of hydrogen-bond donors (Lipinski definition) is 2. The van der Waals surface area contributed by atoms with Crippen LogP contribution in [0, 0.1) is 0 Å². The van der Waals surface area contributed by atoms with E-state index in [4.69, 9.17) is 5.73 Å². The number of hydrogen-bond acceptors (Lipinski definition) is 3. The third kappa shape index (κ3) is 4.51. The monoisotopic (exact) mass is 203 g/mol. The number of hydrazone groups is 1. The molecule has 0 amide bonds. The van der Waals surface area contributed by atoms with Gasteiger partial charge in [-0.15, -0.1) is 0 Å². The highest BCUT2D eigenvalue weighted by Gasteiger charge is 2.40. The third-order valence-electron chi connectivity index (χ3n) is 1.03. The van der Waals surface area contributed by atoms with Gasteiger partial charge in [-0.3, -0.25) is 0 Å². The molecular formula is C5H9F4N3O. The van der Waals surface area contributed by atoms with Crippen LogP contribution in [0.1, 0.15) is 0 Å². The van der Waals surface area contributed by atoms with E-state index >= 15 is 0 Å². The van der Waals surface area contributed by atoms with Crippen LogP contribution in [0.25, 0.3) is 0 Å². The second-order valence-electron chi connectivity index (χ2n) is 2.17. The molecule has 8 heteroatoms. The number of halogens is 4. The fraction of sp³-hybridized carbons (Fsp3) is 0.800. The van der Waals surface area contributed by atoms with E-state index in [9.17, 15) is 17.6 Å². The molecule has 0 spiro atoms. The number of alkyl halides is 4. The van der Waals surface area contributed by atoms with Crippen molar-refractivity contribution >= 4 is 5.84 Å². The van der Waals surface area contributed by atoms with Crippen molar-refractivity contribution in [3.8, 4) is 0 Å². The minimum atomic E-state index is -4.17. The van der Waals surface area contributed by atoms with Crippen molar-refractivity contribution in [3.05, 3.63) is 0 Å². The van der Waals surface area contributed by atoms with Crippen LogP contribution in [-0.2, 0) is 4.74 Å². The van der Waals surface area contributed by atoms with Crippen molar-refractivity contribution in [3.63, 3.8) is 0 Å². The van der Waals surface area contributed by atoms with Crippen LogP contribution in [-0.4, -0.2) is 31.4 Å². The predicted molar refractivity (Wildman–Crippen MR) is 37.6 cm³/mol. The summed E-state index contributed by atoms with van der Waals surface area (Å²) in [6, 6.07) is 0. The SMILES string of the molecule is NN=C(N)COCC(F)(F)C(F)F. The molecule has 0 rings (SSSR count). The van der Waals surface area contributed by atoms with Gasteiger partial charge < -0.3 is 16.3 Å². The Morgan fingerprint density at radius 2 is 2.00 bits per heavy atom. The molecule has 13 heavy (non-hydrogen) atoms. The summed E-state index contributed by atoms with van der Waals surface area (Å²) < 4.78 is 51.4. The Labute approximate surface area is 71.5 Å². The van der Waals surface area contributed by atoms with Gasteiger partial charge in [0.05, 0.1) is 0 Å². The lowest BCUT2D eigenvalue weighted by Crippen LogP contribution is -2.34. The third-order valence-corrected chi connectivity index (χ3v) is 1.03. The highest BCUT2D eigenvalue weighted by molar-refractivity contribution is 5.81. The first-order chi connectivity index (χ1) is 5.90. The number of ether oxygens (including phenoxy) is 1. The molecule has 0 aromatic heterocycles. The van der Waals surface area contributed by atoms with E-state index in [2.05, 4.69) is 15.7 Å². The van der Waals surface area contributed by atoms with Gasteiger partial charge in [0.2, 0.25) is 0 Å². The zero-order valence-electron chi connectivity index (χ0n) is 6.51. The first-order valence-corrected chi connectivity index (χ1v) is 3.16. The molecule has 4 nitrogen and oxygen atoms in total. The van der Waals surface area contributed by atoms with Crippen LogP contribution in [0.3, 0.4) is 0 Å². The van der Waals surface area contributed by atoms with E-state index in [-0.39, 0.29) is 5.84 Å². The Hall–Kier alpha value is -1.05. The number of nitrogens with two attached hydrogens (primary N) is 2. The van der Waals surface area contributed by atoms with Gasteiger partial charge in [-0.25, -0.2) is 8.78 Å². The maximum absolute atomic E-state index is 12.1. The lowest BCUT2D eigenvalue weighted by Gasteiger charge is -2.14. The fourth-order valence-corrected chi connectivity index (χ4v) is 0.392. The first kappa shape index (κ1) is 11.9. The number of amidine groups is 1. The normalized spacial score (nSPS) is 13.8. The summed E-state index contributed by atoms with van der Waals surface area (Å²) in [5.74, 6) is 0.212. The molecule has 0 aromatic rings. The second kappa shape index (κ2) is 4.85. The molecule has 0 fully saturated rings. The maximum Gasteiger partial charge on any atom is 0.330 e. The highest BCUT2D eigenvalue weighted by atomic mass is 19.3. The van der Waals surface area contributed by atoms with Crippen LogP contribution < -0.4 is 11.6 Å². The Morgan fingerprint density at radius 1 is 1.46 bits per heavy atom. The van der Waals surface area contributed by atoms with Gasteiger partial charge >= 0.3 is 12.3 Å². The molecule has 0 unspecified atom stereocenters. The van der Waals surface area contributed by atoms with Gasteiger partial charge in [0.25, 0.3) is 0 Å². The van der Waals surface area contributed by atoms with Gasteiger partial charge in [0.15, 0.2) is 0 Å². The average Bonchev–Trinajstić information content (AvgIpc) is 2.03. The largest absolute Gasteiger partial charge is 0.384 e. The minimum Gasteiger partial charge on any atom is -0.384 e. The molecule has 0 saturated heterocycles. The molecule has 0 radical (unpaired) electrons. The van der Waals surface area contributed by atoms with Crippen LogP contribution in [0.5, 0.6) is 0 Å². The molecule has 0 saturated carbocycles. The van der Waals surface area contributed by atoms with Crippen molar-refractivity contribution in [1.82, 2.24) is 0 Å². The molecule has 0 heterocycles. The van der Waals surface area contributed by atoms with Gasteiger partial charge in [0.1, 0.15) is 19.0 Å². The van der Waals surface area contributed by atoms with E-state index < -0.39 is 25.6 Å².